The Bertz CT molecular complexity index is 404. The summed E-state index contributed by atoms with van der Waals surface area (Å²) in [5.41, 5.74) is 0. The predicted octanol–water partition coefficient (Wildman–Crippen LogP) is 1.88. The molecular weight excluding hydrogens is 252 g/mol. The largest absolute Gasteiger partial charge is 0.376 e. The Balaban J connectivity index is 2.06. The van der Waals surface area contributed by atoms with E-state index in [1.54, 1.807) is 6.33 Å². The van der Waals surface area contributed by atoms with Crippen LogP contribution in [0.25, 0.3) is 0 Å². The molecule has 20 heavy (non-hydrogen) atoms. The third kappa shape index (κ3) is 3.79. The molecule has 5 heteroatoms. The van der Waals surface area contributed by atoms with Crippen molar-refractivity contribution in [3.8, 4) is 0 Å². The van der Waals surface area contributed by atoms with E-state index >= 15 is 0 Å². The van der Waals surface area contributed by atoms with Crippen LogP contribution in [0.5, 0.6) is 0 Å². The highest BCUT2D eigenvalue weighted by molar-refractivity contribution is 4.95. The lowest BCUT2D eigenvalue weighted by atomic mass is 9.95. The number of ether oxygens (including phenoxy) is 1. The van der Waals surface area contributed by atoms with Gasteiger partial charge < -0.3 is 10.1 Å². The van der Waals surface area contributed by atoms with Crippen molar-refractivity contribution in [1.82, 2.24) is 20.1 Å². The molecule has 0 spiro atoms. The first kappa shape index (κ1) is 15.4. The van der Waals surface area contributed by atoms with Crippen LogP contribution in [0.2, 0.25) is 0 Å². The van der Waals surface area contributed by atoms with Gasteiger partial charge in [-0.2, -0.15) is 5.10 Å². The Morgan fingerprint density at radius 3 is 2.90 bits per heavy atom. The van der Waals surface area contributed by atoms with Crippen LogP contribution in [0.3, 0.4) is 0 Å². The number of rotatable bonds is 7. The summed E-state index contributed by atoms with van der Waals surface area (Å²) in [6.45, 7) is 11.6. The van der Waals surface area contributed by atoms with Gasteiger partial charge in [-0.3, -0.25) is 0 Å². The van der Waals surface area contributed by atoms with E-state index in [0.717, 1.165) is 38.4 Å². The van der Waals surface area contributed by atoms with Gasteiger partial charge in [-0.05, 0) is 24.8 Å². The molecule has 0 aromatic carbocycles. The van der Waals surface area contributed by atoms with Crippen LogP contribution in [-0.4, -0.2) is 40.1 Å². The van der Waals surface area contributed by atoms with Crippen molar-refractivity contribution in [3.63, 3.8) is 0 Å². The monoisotopic (exact) mass is 280 g/mol. The molecular formula is C15H28N4O. The number of nitrogens with zero attached hydrogens (tertiary/aromatic N) is 3. The topological polar surface area (TPSA) is 52.0 Å². The summed E-state index contributed by atoms with van der Waals surface area (Å²) in [6, 6.07) is 0.326. The van der Waals surface area contributed by atoms with E-state index in [9.17, 15) is 0 Å². The molecule has 1 aliphatic heterocycles. The molecule has 0 amide bonds. The van der Waals surface area contributed by atoms with Crippen molar-refractivity contribution in [3.05, 3.63) is 12.2 Å². The molecule has 0 bridgehead atoms. The summed E-state index contributed by atoms with van der Waals surface area (Å²) in [4.78, 5) is 4.44. The van der Waals surface area contributed by atoms with Crippen molar-refractivity contribution in [1.29, 1.82) is 0 Å². The van der Waals surface area contributed by atoms with Gasteiger partial charge in [-0.1, -0.05) is 27.7 Å². The quantitative estimate of drug-likeness (QED) is 0.828. The Morgan fingerprint density at radius 2 is 2.30 bits per heavy atom. The second kappa shape index (κ2) is 7.18. The number of hydrogen-bond donors (Lipinski definition) is 1. The molecule has 1 saturated heterocycles. The van der Waals surface area contributed by atoms with E-state index in [1.165, 1.54) is 0 Å². The maximum absolute atomic E-state index is 5.93. The summed E-state index contributed by atoms with van der Waals surface area (Å²) in [5.74, 6) is 2.25. The highest BCUT2D eigenvalue weighted by Crippen LogP contribution is 2.24. The molecule has 1 aliphatic rings. The second-order valence-corrected chi connectivity index (χ2v) is 6.22. The molecule has 5 nitrogen and oxygen atoms in total. The van der Waals surface area contributed by atoms with Gasteiger partial charge in [0.05, 0.1) is 6.10 Å². The molecule has 1 aromatic rings. The van der Waals surface area contributed by atoms with Crippen molar-refractivity contribution in [2.24, 2.45) is 11.8 Å². The highest BCUT2D eigenvalue weighted by Gasteiger charge is 2.32. The fourth-order valence-corrected chi connectivity index (χ4v) is 2.94. The van der Waals surface area contributed by atoms with E-state index in [0.29, 0.717) is 24.0 Å². The van der Waals surface area contributed by atoms with Crippen molar-refractivity contribution in [2.75, 3.05) is 13.2 Å². The molecule has 114 valence electrons. The Kier molecular flexibility index (Phi) is 5.54. The van der Waals surface area contributed by atoms with Crippen LogP contribution in [0, 0.1) is 11.8 Å². The van der Waals surface area contributed by atoms with Gasteiger partial charge >= 0.3 is 0 Å². The highest BCUT2D eigenvalue weighted by atomic mass is 16.5. The fraction of sp³-hybridized carbons (Fsp3) is 0.867. The van der Waals surface area contributed by atoms with E-state index in [2.05, 4.69) is 43.1 Å². The number of hydrogen-bond acceptors (Lipinski definition) is 4. The van der Waals surface area contributed by atoms with Gasteiger partial charge in [0.2, 0.25) is 0 Å². The van der Waals surface area contributed by atoms with Crippen LogP contribution in [0.4, 0.5) is 0 Å². The molecule has 0 radical (unpaired) electrons. The van der Waals surface area contributed by atoms with E-state index in [1.807, 2.05) is 4.68 Å². The molecule has 3 unspecified atom stereocenters. The minimum atomic E-state index is 0.291. The number of likely N-dealkylation sites (N-methyl/N-ethyl adjacent to an activating group) is 1. The van der Waals surface area contributed by atoms with Crippen molar-refractivity contribution in [2.45, 2.75) is 59.2 Å². The van der Waals surface area contributed by atoms with E-state index in [4.69, 9.17) is 4.74 Å². The third-order valence-electron chi connectivity index (χ3n) is 3.94. The molecule has 1 fully saturated rings. The Labute approximate surface area is 122 Å². The van der Waals surface area contributed by atoms with E-state index < -0.39 is 0 Å². The maximum Gasteiger partial charge on any atom is 0.138 e. The van der Waals surface area contributed by atoms with Gasteiger partial charge in [0.25, 0.3) is 0 Å². The van der Waals surface area contributed by atoms with Gasteiger partial charge in [-0.25, -0.2) is 9.67 Å². The van der Waals surface area contributed by atoms with Gasteiger partial charge in [0, 0.05) is 25.6 Å². The van der Waals surface area contributed by atoms with Crippen LogP contribution < -0.4 is 5.32 Å². The average Bonchev–Trinajstić information content (AvgIpc) is 2.98. The smallest absolute Gasteiger partial charge is 0.138 e. The molecule has 2 rings (SSSR count). The SMILES string of the molecule is CCNC(Cc1ncnn1CC(C)C)C1OCCC1C. The summed E-state index contributed by atoms with van der Waals surface area (Å²) in [5, 5.41) is 7.92. The zero-order valence-electron chi connectivity index (χ0n) is 13.2. The first-order chi connectivity index (χ1) is 9.61. The predicted molar refractivity (Wildman–Crippen MR) is 79.5 cm³/mol. The average molecular weight is 280 g/mol. The summed E-state index contributed by atoms with van der Waals surface area (Å²) in [6.07, 6.45) is 4.00. The fourth-order valence-electron chi connectivity index (χ4n) is 2.94. The van der Waals surface area contributed by atoms with Crippen LogP contribution in [0.15, 0.2) is 6.33 Å². The molecule has 1 aromatic heterocycles. The first-order valence-corrected chi connectivity index (χ1v) is 7.83. The normalized spacial score (nSPS) is 24.4. The second-order valence-electron chi connectivity index (χ2n) is 6.22. The standard InChI is InChI=1S/C15H28N4O/c1-5-16-13(15-12(4)6-7-20-15)8-14-17-10-18-19(14)9-11(2)3/h10-13,15-16H,5-9H2,1-4H3. The number of nitrogens with one attached hydrogen (secondary N) is 1. The lowest BCUT2D eigenvalue weighted by molar-refractivity contribution is 0.0605. The lowest BCUT2D eigenvalue weighted by Gasteiger charge is -2.26. The van der Waals surface area contributed by atoms with Crippen LogP contribution >= 0.6 is 0 Å². The van der Waals surface area contributed by atoms with Crippen molar-refractivity contribution >= 4 is 0 Å². The molecule has 2 heterocycles. The van der Waals surface area contributed by atoms with Crippen molar-refractivity contribution < 1.29 is 4.74 Å². The molecule has 0 saturated carbocycles. The third-order valence-corrected chi connectivity index (χ3v) is 3.94. The zero-order chi connectivity index (χ0) is 14.5. The Hall–Kier alpha value is -0.940. The minimum Gasteiger partial charge on any atom is -0.376 e. The summed E-state index contributed by atoms with van der Waals surface area (Å²) in [7, 11) is 0. The van der Waals surface area contributed by atoms with Gasteiger partial charge in [-0.15, -0.1) is 0 Å². The zero-order valence-corrected chi connectivity index (χ0v) is 13.2. The van der Waals surface area contributed by atoms with Crippen LogP contribution in [0.1, 0.15) is 39.9 Å². The summed E-state index contributed by atoms with van der Waals surface area (Å²) >= 11 is 0. The maximum atomic E-state index is 5.93. The van der Waals surface area contributed by atoms with E-state index in [-0.39, 0.29) is 0 Å². The van der Waals surface area contributed by atoms with Gasteiger partial charge in [0.1, 0.15) is 12.2 Å². The lowest BCUT2D eigenvalue weighted by Crippen LogP contribution is -2.44. The van der Waals surface area contributed by atoms with Gasteiger partial charge in [0.15, 0.2) is 0 Å². The molecule has 1 N–H and O–H groups in total. The van der Waals surface area contributed by atoms with Crippen LogP contribution in [-0.2, 0) is 17.7 Å². The minimum absolute atomic E-state index is 0.291. The Morgan fingerprint density at radius 1 is 1.50 bits per heavy atom. The number of aromatic nitrogens is 3. The first-order valence-electron chi connectivity index (χ1n) is 7.83. The molecule has 0 aliphatic carbocycles. The summed E-state index contributed by atoms with van der Waals surface area (Å²) < 4.78 is 7.97. The molecule has 3 atom stereocenters.